The monoisotopic (exact) mass is 462 g/mol. The van der Waals surface area contributed by atoms with Gasteiger partial charge in [0.25, 0.3) is 5.91 Å². The Bertz CT molecular complexity index is 1100. The Kier molecular flexibility index (Phi) is 4.68. The van der Waals surface area contributed by atoms with Crippen molar-refractivity contribution in [3.05, 3.63) is 94.5 Å². The van der Waals surface area contributed by atoms with Gasteiger partial charge in [-0.2, -0.15) is 0 Å². The predicted molar refractivity (Wildman–Crippen MR) is 118 cm³/mol. The zero-order valence-corrected chi connectivity index (χ0v) is 17.8. The third kappa shape index (κ3) is 3.04. The number of hydrogen-bond donors (Lipinski definition) is 0. The number of carbonyl (C=O) groups excluding carboxylic acids is 2. The van der Waals surface area contributed by atoms with Crippen molar-refractivity contribution in [3.63, 3.8) is 0 Å². The molecule has 30 heavy (non-hydrogen) atoms. The fourth-order valence-corrected chi connectivity index (χ4v) is 4.42. The fraction of sp³-hybridized carbons (Fsp3) is 0.167. The SMILES string of the molecule is Cc1ccc(N2C(=O)[C@@H]3[C@H](ON(c4ccccc4)[C@H]3c3ccc(Br)cc3)C2=O)cc1. The zero-order valence-electron chi connectivity index (χ0n) is 16.2. The smallest absolute Gasteiger partial charge is 0.266 e. The third-order valence-electron chi connectivity index (χ3n) is 5.63. The van der Waals surface area contributed by atoms with Crippen molar-refractivity contribution in [3.8, 4) is 0 Å². The van der Waals surface area contributed by atoms with Crippen LogP contribution in [0, 0.1) is 12.8 Å². The largest absolute Gasteiger partial charge is 0.273 e. The Labute approximate surface area is 183 Å². The molecule has 0 radical (unpaired) electrons. The van der Waals surface area contributed by atoms with Gasteiger partial charge < -0.3 is 0 Å². The number of anilines is 2. The highest BCUT2D eigenvalue weighted by Gasteiger charge is 2.60. The van der Waals surface area contributed by atoms with Crippen LogP contribution in [0.1, 0.15) is 17.2 Å². The van der Waals surface area contributed by atoms with E-state index >= 15 is 0 Å². The lowest BCUT2D eigenvalue weighted by Gasteiger charge is -2.28. The number of imide groups is 1. The van der Waals surface area contributed by atoms with Crippen LogP contribution in [0.5, 0.6) is 0 Å². The van der Waals surface area contributed by atoms with Gasteiger partial charge in [0.05, 0.1) is 17.4 Å². The van der Waals surface area contributed by atoms with E-state index in [1.54, 1.807) is 17.2 Å². The van der Waals surface area contributed by atoms with Crippen LogP contribution in [-0.4, -0.2) is 17.9 Å². The van der Waals surface area contributed by atoms with E-state index in [-0.39, 0.29) is 11.8 Å². The molecule has 3 aromatic rings. The lowest BCUT2D eigenvalue weighted by molar-refractivity contribution is -0.126. The number of amides is 2. The van der Waals surface area contributed by atoms with Gasteiger partial charge in [0, 0.05) is 4.47 Å². The molecule has 2 amide bonds. The number of benzene rings is 3. The van der Waals surface area contributed by atoms with E-state index in [0.29, 0.717) is 5.69 Å². The number of nitrogens with zero attached hydrogens (tertiary/aromatic N) is 2. The van der Waals surface area contributed by atoms with Crippen LogP contribution in [-0.2, 0) is 14.4 Å². The van der Waals surface area contributed by atoms with Crippen molar-refractivity contribution in [2.24, 2.45) is 5.92 Å². The number of rotatable bonds is 3. The number of halogens is 1. The number of carbonyl (C=O) groups is 2. The standard InChI is InChI=1S/C24H19BrN2O3/c1-15-7-13-18(14-8-15)26-23(28)20-21(16-9-11-17(25)12-10-16)27(30-22(20)24(26)29)19-5-3-2-4-6-19/h2-14,20-22H,1H3/t20-,21-,22-/m0/s1. The average molecular weight is 463 g/mol. The number of para-hydroxylation sites is 1. The van der Waals surface area contributed by atoms with Gasteiger partial charge in [0.15, 0.2) is 6.10 Å². The van der Waals surface area contributed by atoms with Gasteiger partial charge >= 0.3 is 0 Å². The molecule has 0 spiro atoms. The van der Waals surface area contributed by atoms with Gasteiger partial charge in [-0.15, -0.1) is 0 Å². The summed E-state index contributed by atoms with van der Waals surface area (Å²) in [6.07, 6.45) is -0.854. The highest BCUT2D eigenvalue weighted by molar-refractivity contribution is 9.10. The van der Waals surface area contributed by atoms with E-state index < -0.39 is 18.1 Å². The van der Waals surface area contributed by atoms with Gasteiger partial charge in [0.2, 0.25) is 5.91 Å². The van der Waals surface area contributed by atoms with E-state index in [1.165, 1.54) is 4.90 Å². The number of hydroxylamine groups is 1. The highest BCUT2D eigenvalue weighted by Crippen LogP contribution is 2.47. The van der Waals surface area contributed by atoms with Crippen LogP contribution in [0.4, 0.5) is 11.4 Å². The predicted octanol–water partition coefficient (Wildman–Crippen LogP) is 4.81. The second kappa shape index (κ2) is 7.38. The lowest BCUT2D eigenvalue weighted by Crippen LogP contribution is -2.37. The molecule has 0 saturated carbocycles. The molecule has 6 heteroatoms. The van der Waals surface area contributed by atoms with E-state index in [1.807, 2.05) is 73.7 Å². The maximum Gasteiger partial charge on any atom is 0.266 e. The minimum Gasteiger partial charge on any atom is -0.273 e. The molecule has 0 bridgehead atoms. The molecule has 5 rings (SSSR count). The van der Waals surface area contributed by atoms with Crippen LogP contribution in [0.25, 0.3) is 0 Å². The average Bonchev–Trinajstić information content (AvgIpc) is 3.27. The van der Waals surface area contributed by atoms with E-state index in [0.717, 1.165) is 21.3 Å². The first-order chi connectivity index (χ1) is 14.5. The Morgan fingerprint density at radius 1 is 0.800 bits per heavy atom. The topological polar surface area (TPSA) is 49.9 Å². The van der Waals surface area contributed by atoms with E-state index in [9.17, 15) is 9.59 Å². The van der Waals surface area contributed by atoms with Crippen molar-refractivity contribution >= 4 is 39.1 Å². The number of fused-ring (bicyclic) bond motifs is 1. The summed E-state index contributed by atoms with van der Waals surface area (Å²) in [6, 6.07) is 24.4. The molecule has 0 aromatic heterocycles. The molecule has 2 saturated heterocycles. The summed E-state index contributed by atoms with van der Waals surface area (Å²) < 4.78 is 0.947. The second-order valence-electron chi connectivity index (χ2n) is 7.56. The Morgan fingerprint density at radius 2 is 1.47 bits per heavy atom. The van der Waals surface area contributed by atoms with Crippen molar-refractivity contribution in [1.29, 1.82) is 0 Å². The molecule has 2 heterocycles. The van der Waals surface area contributed by atoms with Crippen molar-refractivity contribution in [2.75, 3.05) is 9.96 Å². The Hall–Kier alpha value is -2.96. The van der Waals surface area contributed by atoms with Gasteiger partial charge in [-0.3, -0.25) is 14.4 Å². The van der Waals surface area contributed by atoms with Crippen LogP contribution < -0.4 is 9.96 Å². The summed E-state index contributed by atoms with van der Waals surface area (Å²) in [6.45, 7) is 1.97. The Morgan fingerprint density at radius 3 is 2.13 bits per heavy atom. The molecule has 2 aliphatic rings. The lowest BCUT2D eigenvalue weighted by atomic mass is 9.90. The second-order valence-corrected chi connectivity index (χ2v) is 8.47. The summed E-state index contributed by atoms with van der Waals surface area (Å²) in [5.74, 6) is -1.19. The quantitative estimate of drug-likeness (QED) is 0.524. The first-order valence-electron chi connectivity index (χ1n) is 9.75. The molecule has 2 fully saturated rings. The van der Waals surface area contributed by atoms with Crippen molar-refractivity contribution in [2.45, 2.75) is 19.1 Å². The molecule has 150 valence electrons. The van der Waals surface area contributed by atoms with Crippen LogP contribution in [0.2, 0.25) is 0 Å². The molecule has 2 aliphatic heterocycles. The molecular formula is C24H19BrN2O3. The van der Waals surface area contributed by atoms with Crippen LogP contribution in [0.15, 0.2) is 83.3 Å². The highest BCUT2D eigenvalue weighted by atomic mass is 79.9. The molecule has 0 unspecified atom stereocenters. The molecule has 5 nitrogen and oxygen atoms in total. The van der Waals surface area contributed by atoms with Crippen LogP contribution in [0.3, 0.4) is 0 Å². The summed E-state index contributed by atoms with van der Waals surface area (Å²) in [4.78, 5) is 34.1. The zero-order chi connectivity index (χ0) is 20.8. The van der Waals surface area contributed by atoms with E-state index in [4.69, 9.17) is 4.84 Å². The number of hydrogen-bond acceptors (Lipinski definition) is 4. The maximum absolute atomic E-state index is 13.5. The summed E-state index contributed by atoms with van der Waals surface area (Å²) in [7, 11) is 0. The normalized spacial score (nSPS) is 23.2. The molecule has 0 N–H and O–H groups in total. The molecule has 3 aromatic carbocycles. The summed E-state index contributed by atoms with van der Waals surface area (Å²) >= 11 is 3.46. The van der Waals surface area contributed by atoms with Crippen LogP contribution >= 0.6 is 15.9 Å². The molecule has 3 atom stereocenters. The fourth-order valence-electron chi connectivity index (χ4n) is 4.16. The van der Waals surface area contributed by atoms with Crippen molar-refractivity contribution in [1.82, 2.24) is 0 Å². The number of aryl methyl sites for hydroxylation is 1. The summed E-state index contributed by atoms with van der Waals surface area (Å²) in [5.41, 5.74) is 3.37. The third-order valence-corrected chi connectivity index (χ3v) is 6.16. The molecule has 0 aliphatic carbocycles. The van der Waals surface area contributed by atoms with Crippen molar-refractivity contribution < 1.29 is 14.4 Å². The van der Waals surface area contributed by atoms with Gasteiger partial charge in [0.1, 0.15) is 5.92 Å². The van der Waals surface area contributed by atoms with Gasteiger partial charge in [-0.25, -0.2) is 9.96 Å². The van der Waals surface area contributed by atoms with Gasteiger partial charge in [-0.05, 0) is 48.9 Å². The first kappa shape index (κ1) is 19.0. The first-order valence-corrected chi connectivity index (χ1v) is 10.5. The Balaban J connectivity index is 1.58. The maximum atomic E-state index is 13.5. The summed E-state index contributed by atoms with van der Waals surface area (Å²) in [5, 5.41) is 1.71. The molecular weight excluding hydrogens is 444 g/mol. The minimum atomic E-state index is -0.854. The van der Waals surface area contributed by atoms with E-state index in [2.05, 4.69) is 15.9 Å². The minimum absolute atomic E-state index is 0.236. The van der Waals surface area contributed by atoms with Gasteiger partial charge in [-0.1, -0.05) is 64.0 Å².